The van der Waals surface area contributed by atoms with E-state index in [4.69, 9.17) is 0 Å². The number of aliphatic hydroxyl groups excluding tert-OH is 1. The second kappa shape index (κ2) is 5.94. The molecule has 1 N–H and O–H groups in total. The third-order valence-corrected chi connectivity index (χ3v) is 3.73. The molecule has 1 atom stereocenters. The van der Waals surface area contributed by atoms with Crippen LogP contribution in [0, 0.1) is 6.92 Å². The zero-order valence-corrected chi connectivity index (χ0v) is 12.0. The van der Waals surface area contributed by atoms with E-state index < -0.39 is 6.10 Å². The van der Waals surface area contributed by atoms with E-state index in [1.54, 1.807) is 0 Å². The molecule has 3 aromatic rings. The Labute approximate surface area is 125 Å². The molecule has 1 heteroatoms. The number of hydrogen-bond donors (Lipinski definition) is 1. The smallest absolute Gasteiger partial charge is 0.104 e. The van der Waals surface area contributed by atoms with Crippen molar-refractivity contribution in [2.24, 2.45) is 0 Å². The highest BCUT2D eigenvalue weighted by Crippen LogP contribution is 2.25. The maximum Gasteiger partial charge on any atom is 0.104 e. The molecule has 0 unspecified atom stereocenters. The topological polar surface area (TPSA) is 20.2 Å². The summed E-state index contributed by atoms with van der Waals surface area (Å²) in [5.41, 5.74) is 5.45. The van der Waals surface area contributed by atoms with Crippen LogP contribution in [0.3, 0.4) is 0 Å². The average Bonchev–Trinajstić information content (AvgIpc) is 2.56. The molecule has 1 nitrogen and oxygen atoms in total. The Morgan fingerprint density at radius 2 is 1.10 bits per heavy atom. The molecule has 0 radical (unpaired) electrons. The van der Waals surface area contributed by atoms with Gasteiger partial charge < -0.3 is 5.11 Å². The lowest BCUT2D eigenvalue weighted by atomic mass is 9.98. The van der Waals surface area contributed by atoms with Crippen molar-refractivity contribution in [3.8, 4) is 11.1 Å². The van der Waals surface area contributed by atoms with Gasteiger partial charge >= 0.3 is 0 Å². The second-order valence-electron chi connectivity index (χ2n) is 5.30. The van der Waals surface area contributed by atoms with Crippen LogP contribution in [0.15, 0.2) is 78.9 Å². The van der Waals surface area contributed by atoms with E-state index in [1.807, 2.05) is 42.5 Å². The van der Waals surface area contributed by atoms with Gasteiger partial charge in [0.1, 0.15) is 6.10 Å². The highest BCUT2D eigenvalue weighted by molar-refractivity contribution is 5.64. The molecule has 104 valence electrons. The van der Waals surface area contributed by atoms with Gasteiger partial charge in [0.2, 0.25) is 0 Å². The van der Waals surface area contributed by atoms with Crippen LogP contribution in [-0.4, -0.2) is 5.11 Å². The third kappa shape index (κ3) is 3.04. The van der Waals surface area contributed by atoms with Gasteiger partial charge in [-0.1, -0.05) is 84.4 Å². The molecular weight excluding hydrogens is 256 g/mol. The Kier molecular flexibility index (Phi) is 3.85. The SMILES string of the molecule is Cc1ccc(-c2ccc([C@H](O)c3ccccc3)cc2)cc1. The van der Waals surface area contributed by atoms with Crippen molar-refractivity contribution < 1.29 is 5.11 Å². The number of aryl methyl sites for hydroxylation is 1. The van der Waals surface area contributed by atoms with Crippen molar-refractivity contribution in [2.45, 2.75) is 13.0 Å². The standard InChI is InChI=1S/C20H18O/c1-15-7-9-16(10-8-15)17-11-13-19(14-12-17)20(21)18-5-3-2-4-6-18/h2-14,20-21H,1H3/t20-/m1/s1. The molecule has 0 bridgehead atoms. The Hall–Kier alpha value is -2.38. The summed E-state index contributed by atoms with van der Waals surface area (Å²) in [6, 6.07) is 26.3. The van der Waals surface area contributed by atoms with Gasteiger partial charge in [0.05, 0.1) is 0 Å². The van der Waals surface area contributed by atoms with Crippen LogP contribution in [-0.2, 0) is 0 Å². The molecule has 0 aliphatic heterocycles. The molecule has 0 aliphatic carbocycles. The molecule has 0 fully saturated rings. The lowest BCUT2D eigenvalue weighted by molar-refractivity contribution is 0.220. The van der Waals surface area contributed by atoms with E-state index in [0.717, 1.165) is 11.1 Å². The minimum atomic E-state index is -0.571. The largest absolute Gasteiger partial charge is 0.384 e. The van der Waals surface area contributed by atoms with Crippen molar-refractivity contribution >= 4 is 0 Å². The molecule has 3 aromatic carbocycles. The van der Waals surface area contributed by atoms with Crippen molar-refractivity contribution in [3.05, 3.63) is 95.6 Å². The van der Waals surface area contributed by atoms with Gasteiger partial charge in [-0.05, 0) is 29.2 Å². The zero-order chi connectivity index (χ0) is 14.7. The van der Waals surface area contributed by atoms with Crippen LogP contribution >= 0.6 is 0 Å². The van der Waals surface area contributed by atoms with Gasteiger partial charge in [0.25, 0.3) is 0 Å². The highest BCUT2D eigenvalue weighted by atomic mass is 16.3. The second-order valence-corrected chi connectivity index (χ2v) is 5.30. The summed E-state index contributed by atoms with van der Waals surface area (Å²) in [5.74, 6) is 0. The molecule has 0 saturated heterocycles. The Bertz CT molecular complexity index is 697. The fraction of sp³-hybridized carbons (Fsp3) is 0.100. The Morgan fingerprint density at radius 3 is 1.67 bits per heavy atom. The van der Waals surface area contributed by atoms with Crippen molar-refractivity contribution in [1.29, 1.82) is 0 Å². The van der Waals surface area contributed by atoms with E-state index in [9.17, 15) is 5.11 Å². The summed E-state index contributed by atoms with van der Waals surface area (Å²) in [6.45, 7) is 2.09. The van der Waals surface area contributed by atoms with Crippen LogP contribution in [0.5, 0.6) is 0 Å². The van der Waals surface area contributed by atoms with Crippen molar-refractivity contribution in [3.63, 3.8) is 0 Å². The van der Waals surface area contributed by atoms with Crippen LogP contribution in [0.4, 0.5) is 0 Å². The molecule has 0 aliphatic rings. The fourth-order valence-electron chi connectivity index (χ4n) is 2.43. The van der Waals surface area contributed by atoms with Crippen LogP contribution < -0.4 is 0 Å². The molecule has 3 rings (SSSR count). The van der Waals surface area contributed by atoms with Gasteiger partial charge in [-0.15, -0.1) is 0 Å². The van der Waals surface area contributed by atoms with E-state index in [2.05, 4.69) is 43.3 Å². The van der Waals surface area contributed by atoms with Crippen LogP contribution in [0.1, 0.15) is 22.8 Å². The first-order valence-corrected chi connectivity index (χ1v) is 7.14. The zero-order valence-electron chi connectivity index (χ0n) is 12.0. The maximum absolute atomic E-state index is 10.4. The van der Waals surface area contributed by atoms with Crippen molar-refractivity contribution in [1.82, 2.24) is 0 Å². The lowest BCUT2D eigenvalue weighted by Crippen LogP contribution is -1.98. The minimum Gasteiger partial charge on any atom is -0.384 e. The maximum atomic E-state index is 10.4. The van der Waals surface area contributed by atoms with Crippen LogP contribution in [0.2, 0.25) is 0 Å². The van der Waals surface area contributed by atoms with Gasteiger partial charge in [-0.2, -0.15) is 0 Å². The Morgan fingerprint density at radius 1 is 0.619 bits per heavy atom. The first-order valence-electron chi connectivity index (χ1n) is 7.14. The quantitative estimate of drug-likeness (QED) is 0.731. The number of benzene rings is 3. The minimum absolute atomic E-state index is 0.571. The van der Waals surface area contributed by atoms with E-state index in [0.29, 0.717) is 0 Å². The van der Waals surface area contributed by atoms with Crippen molar-refractivity contribution in [2.75, 3.05) is 0 Å². The summed E-state index contributed by atoms with van der Waals surface area (Å²) in [5, 5.41) is 10.4. The molecular formula is C20H18O. The summed E-state index contributed by atoms with van der Waals surface area (Å²) in [4.78, 5) is 0. The monoisotopic (exact) mass is 274 g/mol. The van der Waals surface area contributed by atoms with E-state index in [-0.39, 0.29) is 0 Å². The third-order valence-electron chi connectivity index (χ3n) is 3.73. The van der Waals surface area contributed by atoms with Crippen LogP contribution in [0.25, 0.3) is 11.1 Å². The first kappa shape index (κ1) is 13.6. The summed E-state index contributed by atoms with van der Waals surface area (Å²) in [7, 11) is 0. The Balaban J connectivity index is 1.85. The molecule has 0 saturated carbocycles. The predicted molar refractivity (Wildman–Crippen MR) is 87.1 cm³/mol. The normalized spacial score (nSPS) is 12.1. The molecule has 0 amide bonds. The number of rotatable bonds is 3. The van der Waals surface area contributed by atoms with Gasteiger partial charge in [0, 0.05) is 0 Å². The fourth-order valence-corrected chi connectivity index (χ4v) is 2.43. The van der Waals surface area contributed by atoms with E-state index in [1.165, 1.54) is 16.7 Å². The summed E-state index contributed by atoms with van der Waals surface area (Å²) >= 11 is 0. The first-order chi connectivity index (χ1) is 10.2. The molecule has 21 heavy (non-hydrogen) atoms. The summed E-state index contributed by atoms with van der Waals surface area (Å²) in [6.07, 6.45) is -0.571. The van der Waals surface area contributed by atoms with E-state index >= 15 is 0 Å². The number of hydrogen-bond acceptors (Lipinski definition) is 1. The molecule has 0 heterocycles. The van der Waals surface area contributed by atoms with Gasteiger partial charge in [-0.3, -0.25) is 0 Å². The molecule has 0 spiro atoms. The van der Waals surface area contributed by atoms with Gasteiger partial charge in [-0.25, -0.2) is 0 Å². The average molecular weight is 274 g/mol. The van der Waals surface area contributed by atoms with Gasteiger partial charge in [0.15, 0.2) is 0 Å². The lowest BCUT2D eigenvalue weighted by Gasteiger charge is -2.12. The molecule has 0 aromatic heterocycles. The number of aliphatic hydroxyl groups is 1. The predicted octanol–water partition coefficient (Wildman–Crippen LogP) is 4.74. The highest BCUT2D eigenvalue weighted by Gasteiger charge is 2.09. The summed E-state index contributed by atoms with van der Waals surface area (Å²) < 4.78 is 0.